The van der Waals surface area contributed by atoms with Gasteiger partial charge in [-0.25, -0.2) is 9.37 Å². The normalized spacial score (nSPS) is 11.9. The molecule has 0 aliphatic heterocycles. The number of benzene rings is 1. The molecule has 98 valence electrons. The van der Waals surface area contributed by atoms with Crippen LogP contribution < -0.4 is 5.32 Å². The molecule has 3 nitrogen and oxygen atoms in total. The molecule has 5 heteroatoms. The number of hydrogen-bond donors (Lipinski definition) is 1. The molecule has 1 heterocycles. The number of carbonyl (C=O) groups excluding carboxylic acids is 1. The average molecular weight is 323 g/mol. The van der Waals surface area contributed by atoms with Crippen LogP contribution in [-0.2, 0) is 0 Å². The topological polar surface area (TPSA) is 42.0 Å². The maximum atomic E-state index is 13.6. The van der Waals surface area contributed by atoms with E-state index >= 15 is 0 Å². The Hall–Kier alpha value is -1.75. The lowest BCUT2D eigenvalue weighted by Crippen LogP contribution is -2.27. The highest BCUT2D eigenvalue weighted by atomic mass is 79.9. The number of nitrogens with zero attached hydrogens (tertiary/aromatic N) is 1. The molecule has 1 N–H and O–H groups in total. The maximum Gasteiger partial charge on any atom is 0.251 e. The molecule has 0 saturated heterocycles. The molecule has 0 bridgehead atoms. The molecule has 0 saturated carbocycles. The van der Waals surface area contributed by atoms with Crippen molar-refractivity contribution >= 4 is 21.8 Å². The third kappa shape index (κ3) is 3.38. The van der Waals surface area contributed by atoms with Gasteiger partial charge in [-0.15, -0.1) is 0 Å². The highest BCUT2D eigenvalue weighted by Crippen LogP contribution is 2.17. The molecular formula is C14H12BrFN2O. The molecule has 1 atom stereocenters. The minimum Gasteiger partial charge on any atom is -0.345 e. The number of hydrogen-bond acceptors (Lipinski definition) is 2. The van der Waals surface area contributed by atoms with E-state index in [2.05, 4.69) is 26.2 Å². The van der Waals surface area contributed by atoms with Crippen LogP contribution in [0.15, 0.2) is 47.2 Å². The summed E-state index contributed by atoms with van der Waals surface area (Å²) in [6.45, 7) is 1.74. The van der Waals surface area contributed by atoms with Crippen LogP contribution in [0.2, 0.25) is 0 Å². The minimum atomic E-state index is -0.402. The number of halogens is 2. The number of nitrogens with one attached hydrogen (secondary N) is 1. The number of rotatable bonds is 3. The van der Waals surface area contributed by atoms with E-state index in [1.807, 2.05) is 0 Å². The molecule has 19 heavy (non-hydrogen) atoms. The number of pyridine rings is 1. The van der Waals surface area contributed by atoms with Crippen molar-refractivity contribution in [3.63, 3.8) is 0 Å². The highest BCUT2D eigenvalue weighted by Gasteiger charge is 2.14. The van der Waals surface area contributed by atoms with Gasteiger partial charge in [-0.1, -0.05) is 18.2 Å². The first-order chi connectivity index (χ1) is 9.08. The minimum absolute atomic E-state index is 0.265. The zero-order valence-electron chi connectivity index (χ0n) is 10.2. The molecule has 0 aliphatic rings. The van der Waals surface area contributed by atoms with Gasteiger partial charge in [-0.2, -0.15) is 0 Å². The molecule has 0 radical (unpaired) electrons. The predicted molar refractivity (Wildman–Crippen MR) is 74.2 cm³/mol. The molecule has 2 rings (SSSR count). The van der Waals surface area contributed by atoms with Crippen LogP contribution in [0.4, 0.5) is 4.39 Å². The Bertz CT molecular complexity index is 604. The maximum absolute atomic E-state index is 13.6. The van der Waals surface area contributed by atoms with Gasteiger partial charge in [0.25, 0.3) is 5.91 Å². The van der Waals surface area contributed by atoms with Crippen molar-refractivity contribution in [3.8, 4) is 0 Å². The fourth-order valence-electron chi connectivity index (χ4n) is 1.73. The van der Waals surface area contributed by atoms with Crippen LogP contribution in [0.3, 0.4) is 0 Å². The van der Waals surface area contributed by atoms with Gasteiger partial charge in [-0.05, 0) is 41.1 Å². The van der Waals surface area contributed by atoms with Crippen LogP contribution in [0.25, 0.3) is 0 Å². The molecule has 0 fully saturated rings. The van der Waals surface area contributed by atoms with Crippen LogP contribution in [-0.4, -0.2) is 10.9 Å². The van der Waals surface area contributed by atoms with Crippen LogP contribution in [0.5, 0.6) is 0 Å². The van der Waals surface area contributed by atoms with Gasteiger partial charge >= 0.3 is 0 Å². The Morgan fingerprint density at radius 3 is 2.79 bits per heavy atom. The Labute approximate surface area is 119 Å². The second-order valence-corrected chi connectivity index (χ2v) is 4.90. The number of amides is 1. The smallest absolute Gasteiger partial charge is 0.251 e. The van der Waals surface area contributed by atoms with Gasteiger partial charge in [-0.3, -0.25) is 4.79 Å². The first kappa shape index (κ1) is 13.7. The van der Waals surface area contributed by atoms with E-state index in [1.54, 1.807) is 37.3 Å². The fraction of sp³-hybridized carbons (Fsp3) is 0.143. The highest BCUT2D eigenvalue weighted by molar-refractivity contribution is 9.10. The first-order valence-corrected chi connectivity index (χ1v) is 6.54. The Morgan fingerprint density at radius 1 is 1.37 bits per heavy atom. The zero-order valence-corrected chi connectivity index (χ0v) is 11.8. The van der Waals surface area contributed by atoms with Crippen molar-refractivity contribution in [1.82, 2.24) is 10.3 Å². The molecule has 0 aliphatic carbocycles. The monoisotopic (exact) mass is 322 g/mol. The summed E-state index contributed by atoms with van der Waals surface area (Å²) < 4.78 is 14.2. The number of aromatic nitrogens is 1. The van der Waals surface area contributed by atoms with Gasteiger partial charge in [0.2, 0.25) is 0 Å². The lowest BCUT2D eigenvalue weighted by atomic mass is 10.1. The summed E-state index contributed by atoms with van der Waals surface area (Å²) in [6.07, 6.45) is 1.53. The summed E-state index contributed by atoms with van der Waals surface area (Å²) >= 11 is 3.20. The van der Waals surface area contributed by atoms with E-state index in [4.69, 9.17) is 0 Å². The molecule has 1 aromatic heterocycles. The molecule has 0 spiro atoms. The third-order valence-corrected chi connectivity index (χ3v) is 3.14. The van der Waals surface area contributed by atoms with E-state index in [0.717, 1.165) is 0 Å². The predicted octanol–water partition coefficient (Wildman–Crippen LogP) is 3.47. The second kappa shape index (κ2) is 5.93. The van der Waals surface area contributed by atoms with E-state index in [1.165, 1.54) is 12.3 Å². The summed E-state index contributed by atoms with van der Waals surface area (Å²) in [4.78, 5) is 16.0. The largest absolute Gasteiger partial charge is 0.345 e. The molecule has 1 amide bonds. The number of carbonyl (C=O) groups is 1. The van der Waals surface area contributed by atoms with Crippen molar-refractivity contribution < 1.29 is 9.18 Å². The Morgan fingerprint density at radius 2 is 2.11 bits per heavy atom. The summed E-state index contributed by atoms with van der Waals surface area (Å²) in [7, 11) is 0. The Kier molecular flexibility index (Phi) is 4.27. The SMILES string of the molecule is CC(NC(=O)c1ccnc(Br)c1)c1ccccc1F. The van der Waals surface area contributed by atoms with Gasteiger partial charge in [0.15, 0.2) is 0 Å². The van der Waals surface area contributed by atoms with Crippen molar-refractivity contribution in [2.45, 2.75) is 13.0 Å². The lowest BCUT2D eigenvalue weighted by Gasteiger charge is -2.15. The van der Waals surface area contributed by atoms with E-state index in [-0.39, 0.29) is 11.7 Å². The lowest BCUT2D eigenvalue weighted by molar-refractivity contribution is 0.0939. The van der Waals surface area contributed by atoms with E-state index in [0.29, 0.717) is 15.7 Å². The van der Waals surface area contributed by atoms with Crippen molar-refractivity contribution in [2.24, 2.45) is 0 Å². The molecule has 1 aromatic carbocycles. The first-order valence-electron chi connectivity index (χ1n) is 5.75. The van der Waals surface area contributed by atoms with Crippen LogP contribution in [0.1, 0.15) is 28.9 Å². The fourth-order valence-corrected chi connectivity index (χ4v) is 2.09. The standard InChI is InChI=1S/C14H12BrFN2O/c1-9(11-4-2-3-5-12(11)16)18-14(19)10-6-7-17-13(15)8-10/h2-9H,1H3,(H,18,19). The van der Waals surface area contributed by atoms with Crippen LogP contribution in [0, 0.1) is 5.82 Å². The van der Waals surface area contributed by atoms with Gasteiger partial charge in [0.05, 0.1) is 6.04 Å². The van der Waals surface area contributed by atoms with Gasteiger partial charge in [0.1, 0.15) is 10.4 Å². The molecule has 2 aromatic rings. The van der Waals surface area contributed by atoms with Crippen molar-refractivity contribution in [2.75, 3.05) is 0 Å². The van der Waals surface area contributed by atoms with Gasteiger partial charge in [0, 0.05) is 17.3 Å². The average Bonchev–Trinajstić information content (AvgIpc) is 2.39. The van der Waals surface area contributed by atoms with Crippen LogP contribution >= 0.6 is 15.9 Å². The van der Waals surface area contributed by atoms with E-state index in [9.17, 15) is 9.18 Å². The molecule has 1 unspecified atom stereocenters. The quantitative estimate of drug-likeness (QED) is 0.879. The third-order valence-electron chi connectivity index (χ3n) is 2.71. The summed E-state index contributed by atoms with van der Waals surface area (Å²) in [5, 5.41) is 2.75. The van der Waals surface area contributed by atoms with Crippen molar-refractivity contribution in [1.29, 1.82) is 0 Å². The summed E-state index contributed by atoms with van der Waals surface area (Å²) in [6, 6.07) is 9.21. The van der Waals surface area contributed by atoms with E-state index < -0.39 is 6.04 Å². The van der Waals surface area contributed by atoms with Gasteiger partial charge < -0.3 is 5.32 Å². The van der Waals surface area contributed by atoms with Crippen molar-refractivity contribution in [3.05, 3.63) is 64.1 Å². The second-order valence-electron chi connectivity index (χ2n) is 4.08. The summed E-state index contributed by atoms with van der Waals surface area (Å²) in [5.74, 6) is -0.593. The Balaban J connectivity index is 2.13. The molecular weight excluding hydrogens is 311 g/mol. The zero-order chi connectivity index (χ0) is 13.8. The summed E-state index contributed by atoms with van der Waals surface area (Å²) in [5.41, 5.74) is 0.939.